The van der Waals surface area contributed by atoms with Crippen LogP contribution in [0, 0.1) is 0 Å². The minimum atomic E-state index is 0.217. The highest BCUT2D eigenvalue weighted by Gasteiger charge is 2.28. The SMILES string of the molecule is CC1(C)CC=C(c2ccccc2)c2cc(Br)ccc21. The molecule has 0 bridgehead atoms. The van der Waals surface area contributed by atoms with E-state index in [9.17, 15) is 0 Å². The zero-order chi connectivity index (χ0) is 13.5. The third-order valence-corrected chi connectivity index (χ3v) is 4.40. The van der Waals surface area contributed by atoms with Crippen molar-refractivity contribution in [2.24, 2.45) is 0 Å². The number of rotatable bonds is 1. The second-order valence-corrected chi connectivity index (χ2v) is 6.68. The molecule has 1 aliphatic rings. The van der Waals surface area contributed by atoms with Crippen LogP contribution in [0.15, 0.2) is 59.1 Å². The molecule has 0 heterocycles. The van der Waals surface area contributed by atoms with Gasteiger partial charge in [0.2, 0.25) is 0 Å². The largest absolute Gasteiger partial charge is 0.0752 e. The van der Waals surface area contributed by atoms with Crippen molar-refractivity contribution in [1.82, 2.24) is 0 Å². The van der Waals surface area contributed by atoms with Gasteiger partial charge in [-0.1, -0.05) is 72.3 Å². The van der Waals surface area contributed by atoms with Crippen LogP contribution in [-0.2, 0) is 5.41 Å². The smallest absolute Gasteiger partial charge is 0.0181 e. The van der Waals surface area contributed by atoms with E-state index in [1.165, 1.54) is 22.3 Å². The fraction of sp³-hybridized carbons (Fsp3) is 0.222. The van der Waals surface area contributed by atoms with Crippen LogP contribution in [0.3, 0.4) is 0 Å². The maximum atomic E-state index is 3.60. The highest BCUT2D eigenvalue weighted by Crippen LogP contribution is 2.42. The van der Waals surface area contributed by atoms with Crippen LogP contribution in [-0.4, -0.2) is 0 Å². The van der Waals surface area contributed by atoms with E-state index >= 15 is 0 Å². The van der Waals surface area contributed by atoms with Gasteiger partial charge in [0, 0.05) is 4.47 Å². The standard InChI is InChI=1S/C18H17Br/c1-18(2)11-10-15(13-6-4-3-5-7-13)16-12-14(19)8-9-17(16)18/h3-10,12H,11H2,1-2H3. The molecule has 1 aliphatic carbocycles. The lowest BCUT2D eigenvalue weighted by Gasteiger charge is -2.32. The first-order valence-electron chi connectivity index (χ1n) is 6.64. The molecule has 0 atom stereocenters. The normalized spacial score (nSPS) is 16.7. The Bertz CT molecular complexity index is 636. The van der Waals surface area contributed by atoms with Crippen molar-refractivity contribution in [3.63, 3.8) is 0 Å². The van der Waals surface area contributed by atoms with Crippen molar-refractivity contribution in [2.45, 2.75) is 25.7 Å². The molecule has 0 saturated carbocycles. The van der Waals surface area contributed by atoms with Gasteiger partial charge in [0.15, 0.2) is 0 Å². The topological polar surface area (TPSA) is 0 Å². The van der Waals surface area contributed by atoms with Crippen LogP contribution in [0.2, 0.25) is 0 Å². The molecule has 3 rings (SSSR count). The summed E-state index contributed by atoms with van der Waals surface area (Å²) in [5, 5.41) is 0. The Hall–Kier alpha value is -1.34. The van der Waals surface area contributed by atoms with E-state index in [-0.39, 0.29) is 5.41 Å². The van der Waals surface area contributed by atoms with Crippen LogP contribution < -0.4 is 0 Å². The van der Waals surface area contributed by atoms with E-state index in [2.05, 4.69) is 84.4 Å². The van der Waals surface area contributed by atoms with E-state index in [4.69, 9.17) is 0 Å². The molecule has 2 aromatic carbocycles. The Balaban J connectivity index is 2.20. The fourth-order valence-electron chi connectivity index (χ4n) is 2.80. The number of halogens is 1. The molecule has 0 amide bonds. The molecular weight excluding hydrogens is 296 g/mol. The summed E-state index contributed by atoms with van der Waals surface area (Å²) in [5.41, 5.74) is 5.68. The van der Waals surface area contributed by atoms with Crippen LogP contribution >= 0.6 is 15.9 Å². The van der Waals surface area contributed by atoms with Gasteiger partial charge < -0.3 is 0 Å². The predicted molar refractivity (Wildman–Crippen MR) is 85.3 cm³/mol. The van der Waals surface area contributed by atoms with Gasteiger partial charge in [-0.25, -0.2) is 0 Å². The monoisotopic (exact) mass is 312 g/mol. The highest BCUT2D eigenvalue weighted by atomic mass is 79.9. The number of allylic oxidation sites excluding steroid dienone is 1. The zero-order valence-electron chi connectivity index (χ0n) is 11.3. The highest BCUT2D eigenvalue weighted by molar-refractivity contribution is 9.10. The molecule has 1 heteroatoms. The molecule has 96 valence electrons. The van der Waals surface area contributed by atoms with E-state index < -0.39 is 0 Å². The lowest BCUT2D eigenvalue weighted by Crippen LogP contribution is -2.21. The van der Waals surface area contributed by atoms with Crippen molar-refractivity contribution in [2.75, 3.05) is 0 Å². The molecule has 2 aromatic rings. The first kappa shape index (κ1) is 12.7. The molecule has 19 heavy (non-hydrogen) atoms. The second kappa shape index (κ2) is 4.64. The van der Waals surface area contributed by atoms with Gasteiger partial charge in [0.25, 0.3) is 0 Å². The Morgan fingerprint density at radius 3 is 2.47 bits per heavy atom. The van der Waals surface area contributed by atoms with E-state index in [1.54, 1.807) is 0 Å². The van der Waals surface area contributed by atoms with Gasteiger partial charge in [0.05, 0.1) is 0 Å². The maximum absolute atomic E-state index is 3.60. The van der Waals surface area contributed by atoms with Crippen LogP contribution in [0.25, 0.3) is 5.57 Å². The fourth-order valence-corrected chi connectivity index (χ4v) is 3.16. The zero-order valence-corrected chi connectivity index (χ0v) is 12.9. The summed E-state index contributed by atoms with van der Waals surface area (Å²) in [6.45, 7) is 4.63. The van der Waals surface area contributed by atoms with E-state index in [0.717, 1.165) is 10.9 Å². The number of benzene rings is 2. The minimum Gasteiger partial charge on any atom is -0.0752 e. The number of hydrogen-bond donors (Lipinski definition) is 0. The molecule has 0 unspecified atom stereocenters. The molecule has 0 aromatic heterocycles. The average molecular weight is 313 g/mol. The molecule has 0 N–H and O–H groups in total. The van der Waals surface area contributed by atoms with Crippen molar-refractivity contribution >= 4 is 21.5 Å². The average Bonchev–Trinajstić information content (AvgIpc) is 2.39. The summed E-state index contributed by atoms with van der Waals surface area (Å²) in [5.74, 6) is 0. The molecule has 0 fully saturated rings. The van der Waals surface area contributed by atoms with Crippen LogP contribution in [0.4, 0.5) is 0 Å². The Morgan fingerprint density at radius 1 is 1.00 bits per heavy atom. The van der Waals surface area contributed by atoms with Gasteiger partial charge in [-0.2, -0.15) is 0 Å². The quantitative estimate of drug-likeness (QED) is 0.646. The molecule has 0 saturated heterocycles. The lowest BCUT2D eigenvalue weighted by atomic mass is 9.72. The summed E-state index contributed by atoms with van der Waals surface area (Å²) in [7, 11) is 0. The first-order chi connectivity index (χ1) is 9.08. The lowest BCUT2D eigenvalue weighted by molar-refractivity contribution is 0.527. The van der Waals surface area contributed by atoms with Gasteiger partial charge in [-0.3, -0.25) is 0 Å². The number of hydrogen-bond acceptors (Lipinski definition) is 0. The Labute approximate surface area is 123 Å². The summed E-state index contributed by atoms with van der Waals surface area (Å²) in [6.07, 6.45) is 3.47. The summed E-state index contributed by atoms with van der Waals surface area (Å²) < 4.78 is 1.14. The molecule has 0 aliphatic heterocycles. The van der Waals surface area contributed by atoms with Gasteiger partial charge in [-0.15, -0.1) is 0 Å². The van der Waals surface area contributed by atoms with Gasteiger partial charge in [-0.05, 0) is 46.2 Å². The van der Waals surface area contributed by atoms with Crippen molar-refractivity contribution < 1.29 is 0 Å². The van der Waals surface area contributed by atoms with Crippen molar-refractivity contribution in [1.29, 1.82) is 0 Å². The van der Waals surface area contributed by atoms with Crippen LogP contribution in [0.1, 0.15) is 37.0 Å². The third-order valence-electron chi connectivity index (χ3n) is 3.90. The van der Waals surface area contributed by atoms with Crippen molar-refractivity contribution in [3.8, 4) is 0 Å². The van der Waals surface area contributed by atoms with Gasteiger partial charge >= 0.3 is 0 Å². The molecule has 0 spiro atoms. The summed E-state index contributed by atoms with van der Waals surface area (Å²) >= 11 is 3.60. The number of fused-ring (bicyclic) bond motifs is 1. The minimum absolute atomic E-state index is 0.217. The predicted octanol–water partition coefficient (Wildman–Crippen LogP) is 5.56. The molecule has 0 radical (unpaired) electrons. The Kier molecular flexibility index (Phi) is 3.10. The maximum Gasteiger partial charge on any atom is 0.0181 e. The molecule has 0 nitrogen and oxygen atoms in total. The van der Waals surface area contributed by atoms with Gasteiger partial charge in [0.1, 0.15) is 0 Å². The van der Waals surface area contributed by atoms with E-state index in [1.807, 2.05) is 0 Å². The summed E-state index contributed by atoms with van der Waals surface area (Å²) in [4.78, 5) is 0. The van der Waals surface area contributed by atoms with E-state index in [0.29, 0.717) is 0 Å². The third kappa shape index (κ3) is 2.28. The second-order valence-electron chi connectivity index (χ2n) is 5.76. The first-order valence-corrected chi connectivity index (χ1v) is 7.43. The van der Waals surface area contributed by atoms with Crippen molar-refractivity contribution in [3.05, 3.63) is 75.8 Å². The molecular formula is C18H17Br. The summed E-state index contributed by atoms with van der Waals surface area (Å²) in [6, 6.07) is 17.3. The Morgan fingerprint density at radius 2 is 1.74 bits per heavy atom. The van der Waals surface area contributed by atoms with Crippen LogP contribution in [0.5, 0.6) is 0 Å².